The molecule has 4 heteroatoms. The van der Waals surface area contributed by atoms with Crippen LogP contribution in [-0.2, 0) is 4.79 Å². The van der Waals surface area contributed by atoms with Crippen molar-refractivity contribution in [2.75, 3.05) is 13.1 Å². The molecule has 1 aliphatic heterocycles. The van der Waals surface area contributed by atoms with E-state index < -0.39 is 5.97 Å². The van der Waals surface area contributed by atoms with Gasteiger partial charge in [-0.2, -0.15) is 0 Å². The third-order valence-electron chi connectivity index (χ3n) is 2.67. The van der Waals surface area contributed by atoms with Crippen molar-refractivity contribution in [1.82, 2.24) is 5.32 Å². The fourth-order valence-electron chi connectivity index (χ4n) is 1.85. The molecule has 0 saturated heterocycles. The highest BCUT2D eigenvalue weighted by atomic mass is 19.1. The molecule has 0 aliphatic carbocycles. The molecule has 0 radical (unpaired) electrons. The summed E-state index contributed by atoms with van der Waals surface area (Å²) >= 11 is 0. The Morgan fingerprint density at radius 2 is 2.00 bits per heavy atom. The molecule has 0 unspecified atom stereocenters. The van der Waals surface area contributed by atoms with Crippen LogP contribution in [0.5, 0.6) is 0 Å². The zero-order valence-corrected chi connectivity index (χ0v) is 8.66. The van der Waals surface area contributed by atoms with Gasteiger partial charge in [0, 0.05) is 12.1 Å². The van der Waals surface area contributed by atoms with E-state index in [0.29, 0.717) is 25.1 Å². The molecule has 1 aromatic rings. The Hall–Kier alpha value is -1.68. The van der Waals surface area contributed by atoms with Crippen LogP contribution in [0, 0.1) is 5.82 Å². The number of carbonyl (C=O) groups is 1. The zero-order chi connectivity index (χ0) is 11.5. The highest BCUT2D eigenvalue weighted by molar-refractivity contribution is 5.97. The Morgan fingerprint density at radius 1 is 1.31 bits per heavy atom. The maximum absolute atomic E-state index is 12.8. The average Bonchev–Trinajstić information content (AvgIpc) is 2.30. The van der Waals surface area contributed by atoms with E-state index in [-0.39, 0.29) is 5.82 Å². The van der Waals surface area contributed by atoms with Crippen LogP contribution in [-0.4, -0.2) is 24.2 Å². The number of nitrogens with one attached hydrogen (secondary N) is 1. The van der Waals surface area contributed by atoms with Crippen molar-refractivity contribution in [2.45, 2.75) is 6.42 Å². The first-order valence-electron chi connectivity index (χ1n) is 5.10. The smallest absolute Gasteiger partial charge is 0.331 e. The fraction of sp³-hybridized carbons (Fsp3) is 0.250. The SMILES string of the molecule is O=C(O)C1=C(c2ccc(F)cc2)CNCC1. The van der Waals surface area contributed by atoms with Crippen molar-refractivity contribution in [2.24, 2.45) is 0 Å². The molecule has 0 aromatic heterocycles. The van der Waals surface area contributed by atoms with Crippen molar-refractivity contribution in [1.29, 1.82) is 0 Å². The van der Waals surface area contributed by atoms with Crippen LogP contribution in [0.15, 0.2) is 29.8 Å². The highest BCUT2D eigenvalue weighted by Crippen LogP contribution is 2.23. The third-order valence-corrected chi connectivity index (χ3v) is 2.67. The molecule has 84 valence electrons. The van der Waals surface area contributed by atoms with Gasteiger partial charge in [-0.05, 0) is 36.2 Å². The fourth-order valence-corrected chi connectivity index (χ4v) is 1.85. The topological polar surface area (TPSA) is 49.3 Å². The van der Waals surface area contributed by atoms with E-state index in [1.165, 1.54) is 12.1 Å². The number of benzene rings is 1. The summed E-state index contributed by atoms with van der Waals surface area (Å²) in [5.41, 5.74) is 1.94. The van der Waals surface area contributed by atoms with Crippen molar-refractivity contribution in [3.63, 3.8) is 0 Å². The molecule has 16 heavy (non-hydrogen) atoms. The van der Waals surface area contributed by atoms with Gasteiger partial charge in [-0.25, -0.2) is 9.18 Å². The molecular weight excluding hydrogens is 209 g/mol. The lowest BCUT2D eigenvalue weighted by Gasteiger charge is -2.19. The molecule has 1 aromatic carbocycles. The van der Waals surface area contributed by atoms with Crippen LogP contribution in [0.2, 0.25) is 0 Å². The predicted octanol–water partition coefficient (Wildman–Crippen LogP) is 1.66. The van der Waals surface area contributed by atoms with Crippen molar-refractivity contribution in [3.8, 4) is 0 Å². The minimum absolute atomic E-state index is 0.315. The molecule has 0 amide bonds. The Bertz CT molecular complexity index is 437. The number of rotatable bonds is 2. The summed E-state index contributed by atoms with van der Waals surface area (Å²) < 4.78 is 12.8. The van der Waals surface area contributed by atoms with Crippen LogP contribution < -0.4 is 5.32 Å². The summed E-state index contributed by atoms with van der Waals surface area (Å²) in [6.07, 6.45) is 0.502. The van der Waals surface area contributed by atoms with Gasteiger partial charge in [0.1, 0.15) is 5.82 Å². The van der Waals surface area contributed by atoms with Gasteiger partial charge in [-0.15, -0.1) is 0 Å². The van der Waals surface area contributed by atoms with Gasteiger partial charge in [0.25, 0.3) is 0 Å². The number of halogens is 1. The van der Waals surface area contributed by atoms with E-state index in [9.17, 15) is 9.18 Å². The van der Waals surface area contributed by atoms with Crippen LogP contribution in [0.3, 0.4) is 0 Å². The molecule has 0 spiro atoms. The van der Waals surface area contributed by atoms with E-state index in [1.54, 1.807) is 12.1 Å². The van der Waals surface area contributed by atoms with Crippen LogP contribution in [0.4, 0.5) is 4.39 Å². The highest BCUT2D eigenvalue weighted by Gasteiger charge is 2.19. The van der Waals surface area contributed by atoms with Crippen molar-refractivity contribution in [3.05, 3.63) is 41.2 Å². The molecule has 1 aliphatic rings. The first kappa shape index (κ1) is 10.8. The molecule has 1 heterocycles. The van der Waals surface area contributed by atoms with Gasteiger partial charge in [0.05, 0.1) is 0 Å². The number of carboxylic acids is 1. The maximum Gasteiger partial charge on any atom is 0.331 e. The lowest BCUT2D eigenvalue weighted by molar-refractivity contribution is -0.132. The van der Waals surface area contributed by atoms with Crippen LogP contribution in [0.25, 0.3) is 5.57 Å². The molecule has 0 saturated carbocycles. The van der Waals surface area contributed by atoms with Crippen LogP contribution >= 0.6 is 0 Å². The Morgan fingerprint density at radius 3 is 2.62 bits per heavy atom. The average molecular weight is 221 g/mol. The van der Waals surface area contributed by atoms with Gasteiger partial charge in [-0.1, -0.05) is 12.1 Å². The number of carboxylic acid groups (broad SMARTS) is 1. The Balaban J connectivity index is 2.43. The predicted molar refractivity (Wildman–Crippen MR) is 58.4 cm³/mol. The Kier molecular flexibility index (Phi) is 3.01. The van der Waals surface area contributed by atoms with Gasteiger partial charge < -0.3 is 10.4 Å². The van der Waals surface area contributed by atoms with E-state index in [4.69, 9.17) is 5.11 Å². The van der Waals surface area contributed by atoms with E-state index in [1.807, 2.05) is 0 Å². The molecule has 0 bridgehead atoms. The standard InChI is InChI=1S/C12H12FNO2/c13-9-3-1-8(2-4-9)11-7-14-6-5-10(11)12(15)16/h1-4,14H,5-7H2,(H,15,16). The second-order valence-electron chi connectivity index (χ2n) is 3.70. The number of hydrogen-bond acceptors (Lipinski definition) is 2. The third kappa shape index (κ3) is 2.12. The van der Waals surface area contributed by atoms with Gasteiger partial charge in [-0.3, -0.25) is 0 Å². The van der Waals surface area contributed by atoms with Crippen molar-refractivity contribution >= 4 is 11.5 Å². The largest absolute Gasteiger partial charge is 0.478 e. The van der Waals surface area contributed by atoms with Crippen LogP contribution in [0.1, 0.15) is 12.0 Å². The summed E-state index contributed by atoms with van der Waals surface area (Å²) in [6, 6.07) is 5.91. The van der Waals surface area contributed by atoms with Gasteiger partial charge in [0.2, 0.25) is 0 Å². The normalized spacial score (nSPS) is 16.3. The minimum atomic E-state index is -0.888. The van der Waals surface area contributed by atoms with Crippen molar-refractivity contribution < 1.29 is 14.3 Å². The summed E-state index contributed by atoms with van der Waals surface area (Å²) in [7, 11) is 0. The maximum atomic E-state index is 12.8. The van der Waals surface area contributed by atoms with Gasteiger partial charge >= 0.3 is 5.97 Å². The lowest BCUT2D eigenvalue weighted by Crippen LogP contribution is -2.27. The summed E-state index contributed by atoms with van der Waals surface area (Å²) in [5.74, 6) is -1.20. The molecule has 0 atom stereocenters. The lowest BCUT2D eigenvalue weighted by atomic mass is 9.95. The summed E-state index contributed by atoms with van der Waals surface area (Å²) in [4.78, 5) is 11.0. The van der Waals surface area contributed by atoms with E-state index >= 15 is 0 Å². The zero-order valence-electron chi connectivity index (χ0n) is 8.66. The molecule has 2 N–H and O–H groups in total. The van der Waals surface area contributed by atoms with E-state index in [2.05, 4.69) is 5.32 Å². The Labute approximate surface area is 92.6 Å². The number of aliphatic carboxylic acids is 1. The van der Waals surface area contributed by atoms with Gasteiger partial charge in [0.15, 0.2) is 0 Å². The monoisotopic (exact) mass is 221 g/mol. The molecule has 3 nitrogen and oxygen atoms in total. The quantitative estimate of drug-likeness (QED) is 0.798. The molecule has 2 rings (SSSR count). The number of hydrogen-bond donors (Lipinski definition) is 2. The first-order chi connectivity index (χ1) is 7.68. The molecule has 0 fully saturated rings. The second-order valence-corrected chi connectivity index (χ2v) is 3.70. The first-order valence-corrected chi connectivity index (χ1v) is 5.10. The summed E-state index contributed by atoms with van der Waals surface area (Å²) in [5, 5.41) is 12.2. The van der Waals surface area contributed by atoms with E-state index in [0.717, 1.165) is 11.1 Å². The molecular formula is C12H12FNO2. The summed E-state index contributed by atoms with van der Waals surface area (Å²) in [6.45, 7) is 1.19. The minimum Gasteiger partial charge on any atom is -0.478 e. The second kappa shape index (κ2) is 4.45.